The Labute approximate surface area is 109 Å². The molecule has 18 heavy (non-hydrogen) atoms. The first-order valence-electron chi connectivity index (χ1n) is 6.35. The van der Waals surface area contributed by atoms with Crippen molar-refractivity contribution in [2.45, 2.75) is 26.7 Å². The normalized spacial score (nSPS) is 10.7. The molecule has 1 rings (SSSR count). The summed E-state index contributed by atoms with van der Waals surface area (Å²) in [6.45, 7) is 5.62. The summed E-state index contributed by atoms with van der Waals surface area (Å²) in [4.78, 5) is 13.7. The first kappa shape index (κ1) is 14.7. The zero-order valence-corrected chi connectivity index (χ0v) is 12.1. The van der Waals surface area contributed by atoms with Gasteiger partial charge in [-0.1, -0.05) is 0 Å². The van der Waals surface area contributed by atoms with Crippen LogP contribution in [0.2, 0.25) is 0 Å². The van der Waals surface area contributed by atoms with Gasteiger partial charge in [-0.2, -0.15) is 5.10 Å². The molecular formula is C13H24N4O. The highest BCUT2D eigenvalue weighted by molar-refractivity contribution is 5.76. The Balaban J connectivity index is 2.52. The van der Waals surface area contributed by atoms with Gasteiger partial charge in [-0.15, -0.1) is 0 Å². The lowest BCUT2D eigenvalue weighted by Gasteiger charge is -2.16. The first-order chi connectivity index (χ1) is 8.47. The predicted molar refractivity (Wildman–Crippen MR) is 72.6 cm³/mol. The van der Waals surface area contributed by atoms with E-state index in [1.807, 2.05) is 39.7 Å². The van der Waals surface area contributed by atoms with Crippen LogP contribution in [0.15, 0.2) is 0 Å². The standard InChI is InChI=1S/C13H24N4O/c1-10-12(11(2)17(5)15-10)6-7-13(18)16(4)9-8-14-3/h14H,6-9H2,1-5H3. The number of likely N-dealkylation sites (N-methyl/N-ethyl adjacent to an activating group) is 2. The van der Waals surface area contributed by atoms with Gasteiger partial charge in [0.2, 0.25) is 5.91 Å². The van der Waals surface area contributed by atoms with Crippen molar-refractivity contribution in [3.8, 4) is 0 Å². The van der Waals surface area contributed by atoms with Crippen LogP contribution in [0, 0.1) is 13.8 Å². The SMILES string of the molecule is CNCCN(C)C(=O)CCc1c(C)nn(C)c1C. The summed E-state index contributed by atoms with van der Waals surface area (Å²) in [5.41, 5.74) is 3.38. The Bertz CT molecular complexity index is 411. The second-order valence-electron chi connectivity index (χ2n) is 4.69. The number of carbonyl (C=O) groups excluding carboxylic acids is 1. The number of nitrogens with one attached hydrogen (secondary N) is 1. The summed E-state index contributed by atoms with van der Waals surface area (Å²) < 4.78 is 1.87. The Morgan fingerprint density at radius 2 is 2.11 bits per heavy atom. The molecule has 0 aromatic carbocycles. The molecule has 1 aromatic rings. The highest BCUT2D eigenvalue weighted by atomic mass is 16.2. The van der Waals surface area contributed by atoms with E-state index in [0.717, 1.165) is 30.9 Å². The number of rotatable bonds is 6. The van der Waals surface area contributed by atoms with Crippen LogP contribution < -0.4 is 5.32 Å². The predicted octanol–water partition coefficient (Wildman–Crippen LogP) is 0.647. The van der Waals surface area contributed by atoms with E-state index in [4.69, 9.17) is 0 Å². The topological polar surface area (TPSA) is 50.2 Å². The third-order valence-corrected chi connectivity index (χ3v) is 3.37. The molecule has 0 aliphatic heterocycles. The van der Waals surface area contributed by atoms with Crippen molar-refractivity contribution in [3.05, 3.63) is 17.0 Å². The fourth-order valence-electron chi connectivity index (χ4n) is 2.01. The molecule has 1 heterocycles. The van der Waals surface area contributed by atoms with E-state index in [-0.39, 0.29) is 5.91 Å². The maximum Gasteiger partial charge on any atom is 0.222 e. The van der Waals surface area contributed by atoms with Crippen LogP contribution in [0.5, 0.6) is 0 Å². The molecule has 0 saturated carbocycles. The molecule has 1 aromatic heterocycles. The molecule has 0 spiro atoms. The van der Waals surface area contributed by atoms with Crippen molar-refractivity contribution in [2.24, 2.45) is 7.05 Å². The van der Waals surface area contributed by atoms with Crippen molar-refractivity contribution in [1.29, 1.82) is 0 Å². The highest BCUT2D eigenvalue weighted by Crippen LogP contribution is 2.14. The van der Waals surface area contributed by atoms with E-state index >= 15 is 0 Å². The Morgan fingerprint density at radius 3 is 2.61 bits per heavy atom. The second-order valence-corrected chi connectivity index (χ2v) is 4.69. The van der Waals surface area contributed by atoms with E-state index in [2.05, 4.69) is 10.4 Å². The average Bonchev–Trinajstić information content (AvgIpc) is 2.58. The molecule has 0 aliphatic carbocycles. The molecule has 5 nitrogen and oxygen atoms in total. The fourth-order valence-corrected chi connectivity index (χ4v) is 2.01. The minimum Gasteiger partial charge on any atom is -0.344 e. The number of aromatic nitrogens is 2. The van der Waals surface area contributed by atoms with Gasteiger partial charge in [0.25, 0.3) is 0 Å². The smallest absolute Gasteiger partial charge is 0.222 e. The number of hydrogen-bond donors (Lipinski definition) is 1. The van der Waals surface area contributed by atoms with Crippen LogP contribution in [0.25, 0.3) is 0 Å². The highest BCUT2D eigenvalue weighted by Gasteiger charge is 2.13. The monoisotopic (exact) mass is 252 g/mol. The summed E-state index contributed by atoms with van der Waals surface area (Å²) in [5.74, 6) is 0.188. The van der Waals surface area contributed by atoms with Crippen LogP contribution in [-0.4, -0.2) is 47.8 Å². The average molecular weight is 252 g/mol. The van der Waals surface area contributed by atoms with Crippen LogP contribution >= 0.6 is 0 Å². The minimum absolute atomic E-state index is 0.188. The van der Waals surface area contributed by atoms with Gasteiger partial charge >= 0.3 is 0 Å². The van der Waals surface area contributed by atoms with Gasteiger partial charge in [-0.25, -0.2) is 0 Å². The summed E-state index contributed by atoms with van der Waals surface area (Å²) in [6, 6.07) is 0. The number of carbonyl (C=O) groups is 1. The summed E-state index contributed by atoms with van der Waals surface area (Å²) >= 11 is 0. The summed E-state index contributed by atoms with van der Waals surface area (Å²) in [6.07, 6.45) is 1.32. The number of nitrogens with zero attached hydrogens (tertiary/aromatic N) is 3. The van der Waals surface area contributed by atoms with E-state index in [1.54, 1.807) is 4.90 Å². The molecular weight excluding hydrogens is 228 g/mol. The maximum absolute atomic E-state index is 11.9. The number of aryl methyl sites for hydroxylation is 2. The molecule has 0 radical (unpaired) electrons. The van der Waals surface area contributed by atoms with E-state index in [1.165, 1.54) is 5.56 Å². The van der Waals surface area contributed by atoms with Crippen LogP contribution in [0.1, 0.15) is 23.4 Å². The molecule has 1 amide bonds. The van der Waals surface area contributed by atoms with E-state index in [0.29, 0.717) is 6.42 Å². The fraction of sp³-hybridized carbons (Fsp3) is 0.692. The zero-order chi connectivity index (χ0) is 13.7. The van der Waals surface area contributed by atoms with Crippen molar-refractivity contribution < 1.29 is 4.79 Å². The Morgan fingerprint density at radius 1 is 1.44 bits per heavy atom. The molecule has 1 N–H and O–H groups in total. The summed E-state index contributed by atoms with van der Waals surface area (Å²) in [7, 11) is 5.68. The van der Waals surface area contributed by atoms with Crippen LogP contribution in [0.4, 0.5) is 0 Å². The van der Waals surface area contributed by atoms with E-state index < -0.39 is 0 Å². The molecule has 0 fully saturated rings. The van der Waals surface area contributed by atoms with Crippen molar-refractivity contribution >= 4 is 5.91 Å². The molecule has 0 saturated heterocycles. The lowest BCUT2D eigenvalue weighted by Crippen LogP contribution is -2.32. The third kappa shape index (κ3) is 3.57. The van der Waals surface area contributed by atoms with Gasteiger partial charge in [0.05, 0.1) is 5.69 Å². The van der Waals surface area contributed by atoms with Crippen molar-refractivity contribution in [1.82, 2.24) is 20.0 Å². The van der Waals surface area contributed by atoms with Gasteiger partial charge < -0.3 is 10.2 Å². The van der Waals surface area contributed by atoms with Crippen LogP contribution in [-0.2, 0) is 18.3 Å². The van der Waals surface area contributed by atoms with Gasteiger partial charge in [-0.3, -0.25) is 9.48 Å². The van der Waals surface area contributed by atoms with Gasteiger partial charge in [0, 0.05) is 39.3 Å². The molecule has 0 unspecified atom stereocenters. The van der Waals surface area contributed by atoms with Gasteiger partial charge in [-0.05, 0) is 32.9 Å². The maximum atomic E-state index is 11.9. The molecule has 102 valence electrons. The van der Waals surface area contributed by atoms with E-state index in [9.17, 15) is 4.79 Å². The van der Waals surface area contributed by atoms with Crippen molar-refractivity contribution in [3.63, 3.8) is 0 Å². The largest absolute Gasteiger partial charge is 0.344 e. The molecule has 0 aliphatic rings. The zero-order valence-electron chi connectivity index (χ0n) is 12.1. The first-order valence-corrected chi connectivity index (χ1v) is 6.35. The second kappa shape index (κ2) is 6.54. The quantitative estimate of drug-likeness (QED) is 0.808. The lowest BCUT2D eigenvalue weighted by molar-refractivity contribution is -0.129. The lowest BCUT2D eigenvalue weighted by atomic mass is 10.1. The van der Waals surface area contributed by atoms with Crippen molar-refractivity contribution in [2.75, 3.05) is 27.2 Å². The molecule has 0 bridgehead atoms. The Hall–Kier alpha value is -1.36. The van der Waals surface area contributed by atoms with Gasteiger partial charge in [0.1, 0.15) is 0 Å². The summed E-state index contributed by atoms with van der Waals surface area (Å²) in [5, 5.41) is 7.41. The molecule has 5 heteroatoms. The number of hydrogen-bond acceptors (Lipinski definition) is 3. The Kier molecular flexibility index (Phi) is 5.34. The third-order valence-electron chi connectivity index (χ3n) is 3.37. The molecule has 0 atom stereocenters. The van der Waals surface area contributed by atoms with Gasteiger partial charge in [0.15, 0.2) is 0 Å². The number of amides is 1. The van der Waals surface area contributed by atoms with Crippen LogP contribution in [0.3, 0.4) is 0 Å². The minimum atomic E-state index is 0.188.